The smallest absolute Gasteiger partial charge is 0.315 e. The second-order valence-electron chi connectivity index (χ2n) is 15.8. The van der Waals surface area contributed by atoms with Crippen LogP contribution in [0.1, 0.15) is 73.1 Å². The Labute approximate surface area is 311 Å². The van der Waals surface area contributed by atoms with Crippen LogP contribution in [0.15, 0.2) is 34.4 Å². The number of Topliss-reactive ketones (excluding diaryl/α,β-unsaturated/α-hetero) is 1. The van der Waals surface area contributed by atoms with Crippen LogP contribution in [-0.2, 0) is 33.9 Å². The van der Waals surface area contributed by atoms with Gasteiger partial charge in [0, 0.05) is 39.3 Å². The van der Waals surface area contributed by atoms with Gasteiger partial charge >= 0.3 is 6.03 Å². The molecule has 0 radical (unpaired) electrons. The van der Waals surface area contributed by atoms with Crippen molar-refractivity contribution in [1.29, 1.82) is 0 Å². The number of ketones is 1. The van der Waals surface area contributed by atoms with Gasteiger partial charge in [0.2, 0.25) is 17.6 Å². The van der Waals surface area contributed by atoms with Gasteiger partial charge in [0.15, 0.2) is 0 Å². The van der Waals surface area contributed by atoms with Crippen molar-refractivity contribution in [3.05, 3.63) is 30.2 Å². The van der Waals surface area contributed by atoms with E-state index in [9.17, 15) is 32.4 Å². The molecule has 1 aliphatic carbocycles. The number of likely N-dealkylation sites (N-methyl/N-ethyl adjacent to an activating group) is 1. The molecular formula is C36H56N6O8S2. The Kier molecular flexibility index (Phi) is 13.7. The molecule has 14 nitrogen and oxygen atoms in total. The topological polar surface area (TPSA) is 183 Å². The lowest BCUT2D eigenvalue weighted by Gasteiger charge is -2.36. The van der Waals surface area contributed by atoms with Crippen LogP contribution in [0.3, 0.4) is 0 Å². The number of carbonyl (C=O) groups excluding carboxylic acids is 5. The average Bonchev–Trinajstić information content (AvgIpc) is 3.53. The molecule has 0 aromatic carbocycles. The first-order valence-corrected chi connectivity index (χ1v) is 20.4. The van der Waals surface area contributed by atoms with E-state index in [1.54, 1.807) is 11.4 Å². The summed E-state index contributed by atoms with van der Waals surface area (Å²) in [5.74, 6) is -2.71. The first kappa shape index (κ1) is 41.4. The molecule has 3 aliphatic rings. The number of thiophene rings is 1. The van der Waals surface area contributed by atoms with Crippen molar-refractivity contribution in [2.75, 3.05) is 39.9 Å². The predicted molar refractivity (Wildman–Crippen MR) is 198 cm³/mol. The fourth-order valence-electron chi connectivity index (χ4n) is 7.22. The highest BCUT2D eigenvalue weighted by atomic mass is 32.2. The third-order valence-corrected chi connectivity index (χ3v) is 13.8. The van der Waals surface area contributed by atoms with E-state index in [2.05, 4.69) is 27.8 Å². The molecule has 1 aromatic rings. The van der Waals surface area contributed by atoms with E-state index in [4.69, 9.17) is 4.74 Å². The molecule has 2 aliphatic heterocycles. The first-order chi connectivity index (χ1) is 24.4. The fourth-order valence-corrected chi connectivity index (χ4v) is 9.61. The number of piperidine rings is 1. The van der Waals surface area contributed by atoms with Gasteiger partial charge in [0.1, 0.15) is 16.3 Å². The molecule has 52 heavy (non-hydrogen) atoms. The van der Waals surface area contributed by atoms with Gasteiger partial charge in [-0.1, -0.05) is 72.4 Å². The Morgan fingerprint density at radius 3 is 2.52 bits per heavy atom. The summed E-state index contributed by atoms with van der Waals surface area (Å²) in [4.78, 5) is 69.4. The maximum Gasteiger partial charge on any atom is 0.315 e. The number of rotatable bonds is 10. The second-order valence-corrected chi connectivity index (χ2v) is 19.0. The van der Waals surface area contributed by atoms with Gasteiger partial charge in [-0.05, 0) is 47.0 Å². The second kappa shape index (κ2) is 17.2. The Bertz CT molecular complexity index is 1570. The summed E-state index contributed by atoms with van der Waals surface area (Å²) in [7, 11) is -2.32. The van der Waals surface area contributed by atoms with Gasteiger partial charge in [-0.15, -0.1) is 17.9 Å². The van der Waals surface area contributed by atoms with Crippen LogP contribution in [0.4, 0.5) is 4.79 Å². The molecule has 290 valence electrons. The third-order valence-electron chi connectivity index (χ3n) is 10.6. The molecule has 4 N–H and O–H groups in total. The number of hydrogen-bond donors (Lipinski definition) is 4. The highest BCUT2D eigenvalue weighted by molar-refractivity contribution is 7.91. The maximum atomic E-state index is 14.3. The number of amides is 5. The molecular weight excluding hydrogens is 709 g/mol. The van der Waals surface area contributed by atoms with Gasteiger partial charge in [0.25, 0.3) is 15.9 Å². The normalized spacial score (nSPS) is 26.4. The molecule has 0 unspecified atom stereocenters. The van der Waals surface area contributed by atoms with E-state index in [1.165, 1.54) is 28.4 Å². The number of fused-ring (bicyclic) bond motifs is 3. The van der Waals surface area contributed by atoms with Crippen LogP contribution in [0, 0.1) is 22.7 Å². The van der Waals surface area contributed by atoms with E-state index in [-0.39, 0.29) is 54.1 Å². The molecule has 6 atom stereocenters. The number of hydrogen-bond acceptors (Lipinski definition) is 9. The fraction of sp³-hybridized carbons (Fsp3) is 0.694. The highest BCUT2D eigenvalue weighted by Crippen LogP contribution is 2.65. The SMILES string of the molecule is C=CCNC(=O)C(=O)[C@H]1CCCCCCCOC[C@@H](NC(=O)N[C@H](CN(C)S(=O)(=O)c2cccs2)C(C)(C)C)C(=O)N2C[C@H]3[C@@H]([C@H]2C(=O)N1)C3(C)C. The van der Waals surface area contributed by atoms with E-state index in [0.717, 1.165) is 37.0 Å². The highest BCUT2D eigenvalue weighted by Gasteiger charge is 2.69. The monoisotopic (exact) mass is 764 g/mol. The molecule has 1 saturated carbocycles. The number of carbonyl (C=O) groups is 5. The van der Waals surface area contributed by atoms with Crippen molar-refractivity contribution in [2.24, 2.45) is 22.7 Å². The van der Waals surface area contributed by atoms with Gasteiger partial charge in [-0.2, -0.15) is 4.31 Å². The van der Waals surface area contributed by atoms with Crippen LogP contribution >= 0.6 is 11.3 Å². The molecule has 0 bridgehead atoms. The number of nitrogens with zero attached hydrogens (tertiary/aromatic N) is 2. The predicted octanol–water partition coefficient (Wildman–Crippen LogP) is 2.66. The summed E-state index contributed by atoms with van der Waals surface area (Å²) in [5, 5.41) is 12.7. The molecule has 0 spiro atoms. The van der Waals surface area contributed by atoms with Crippen LogP contribution in [0.2, 0.25) is 0 Å². The maximum absolute atomic E-state index is 14.3. The Hall–Kier alpha value is -3.34. The molecule has 3 heterocycles. The van der Waals surface area contributed by atoms with Gasteiger partial charge in [-0.3, -0.25) is 19.2 Å². The molecule has 1 aromatic heterocycles. The summed E-state index contributed by atoms with van der Waals surface area (Å²) in [6.45, 7) is 13.9. The number of urea groups is 1. The van der Waals surface area contributed by atoms with E-state index in [0.29, 0.717) is 13.0 Å². The van der Waals surface area contributed by atoms with Gasteiger partial charge in [-0.25, -0.2) is 13.2 Å². The summed E-state index contributed by atoms with van der Waals surface area (Å²) >= 11 is 1.11. The van der Waals surface area contributed by atoms with Gasteiger partial charge in [0.05, 0.1) is 12.6 Å². The molecule has 4 rings (SSSR count). The largest absolute Gasteiger partial charge is 0.379 e. The van der Waals surface area contributed by atoms with Crippen molar-refractivity contribution in [3.8, 4) is 0 Å². The molecule has 3 fully saturated rings. The quantitative estimate of drug-likeness (QED) is 0.207. The summed E-state index contributed by atoms with van der Waals surface area (Å²) in [5.41, 5.74) is -0.800. The molecule has 16 heteroatoms. The van der Waals surface area contributed by atoms with E-state index < -0.39 is 69.1 Å². The zero-order chi connectivity index (χ0) is 38.4. The lowest BCUT2D eigenvalue weighted by molar-refractivity contribution is -0.144. The van der Waals surface area contributed by atoms with E-state index >= 15 is 0 Å². The average molecular weight is 765 g/mol. The van der Waals surface area contributed by atoms with Crippen molar-refractivity contribution >= 4 is 50.9 Å². The van der Waals surface area contributed by atoms with Crippen molar-refractivity contribution in [3.63, 3.8) is 0 Å². The van der Waals surface area contributed by atoms with Gasteiger partial charge < -0.3 is 30.9 Å². The minimum atomic E-state index is -3.79. The number of nitrogens with one attached hydrogen (secondary N) is 4. The summed E-state index contributed by atoms with van der Waals surface area (Å²) < 4.78 is 33.7. The standard InChI is InChI=1S/C36H56N6O8S2/c1-8-17-37-32(45)30(43)24-15-12-10-9-11-13-18-50-22-25(33(46)42-20-23-28(36(23,5)6)29(42)31(44)38-24)39-34(47)40-26(35(2,3)4)21-41(7)52(48,49)27-16-14-19-51-27/h8,14,16,19,23-26,28-29H,1,9-13,15,17-18,20-22H2,2-7H3,(H,37,45)(H,38,44)(H2,39,40,47)/t23-,24+,25+,26+,28-,29-/m0/s1. The number of sulfonamides is 1. The third kappa shape index (κ3) is 9.79. The van der Waals surface area contributed by atoms with Crippen LogP contribution in [-0.4, -0.2) is 111 Å². The Morgan fingerprint density at radius 1 is 1.17 bits per heavy atom. The lowest BCUT2D eigenvalue weighted by atomic mass is 9.87. The first-order valence-electron chi connectivity index (χ1n) is 18.1. The zero-order valence-electron chi connectivity index (χ0n) is 31.2. The van der Waals surface area contributed by atoms with Crippen molar-refractivity contribution in [1.82, 2.24) is 30.5 Å². The minimum Gasteiger partial charge on any atom is -0.379 e. The van der Waals surface area contributed by atoms with Crippen molar-refractivity contribution < 1.29 is 37.1 Å². The minimum absolute atomic E-state index is 0.0232. The van der Waals surface area contributed by atoms with Crippen LogP contribution < -0.4 is 21.3 Å². The Morgan fingerprint density at radius 2 is 1.87 bits per heavy atom. The summed E-state index contributed by atoms with van der Waals surface area (Å²) in [6.07, 6.45) is 5.57. The van der Waals surface area contributed by atoms with Crippen LogP contribution in [0.5, 0.6) is 0 Å². The van der Waals surface area contributed by atoms with Crippen molar-refractivity contribution in [2.45, 2.75) is 102 Å². The van der Waals surface area contributed by atoms with Crippen LogP contribution in [0.25, 0.3) is 0 Å². The lowest BCUT2D eigenvalue weighted by Crippen LogP contribution is -2.61. The zero-order valence-corrected chi connectivity index (χ0v) is 32.9. The molecule has 5 amide bonds. The summed E-state index contributed by atoms with van der Waals surface area (Å²) in [6, 6.07) is -1.26. The van der Waals surface area contributed by atoms with E-state index in [1.807, 2.05) is 34.6 Å². The Balaban J connectivity index is 1.55. The molecule has 2 saturated heterocycles. The number of ether oxygens (including phenoxy) is 1.